The van der Waals surface area contributed by atoms with Crippen molar-refractivity contribution in [1.29, 1.82) is 0 Å². The number of nitrogens with one attached hydrogen (secondary N) is 1. The van der Waals surface area contributed by atoms with Crippen LogP contribution in [0, 0.1) is 0 Å². The summed E-state index contributed by atoms with van der Waals surface area (Å²) in [7, 11) is 0. The molecule has 1 N–H and O–H groups in total. The Kier molecular flexibility index (Phi) is 8.15. The summed E-state index contributed by atoms with van der Waals surface area (Å²) in [6, 6.07) is 22.1. The predicted molar refractivity (Wildman–Crippen MR) is 139 cm³/mol. The van der Waals surface area contributed by atoms with Gasteiger partial charge in [-0.15, -0.1) is 11.3 Å². The lowest BCUT2D eigenvalue weighted by atomic mass is 10.0. The smallest absolute Gasteiger partial charge is 0.355 e. The molecule has 180 valence electrons. The Morgan fingerprint density at radius 2 is 1.69 bits per heavy atom. The number of carbonyl (C=O) groups is 3. The topological polar surface area (TPSA) is 75.7 Å². The van der Waals surface area contributed by atoms with E-state index in [0.29, 0.717) is 10.9 Å². The maximum Gasteiger partial charge on any atom is 0.355 e. The monoisotopic (exact) mass is 552 g/mol. The van der Waals surface area contributed by atoms with E-state index in [0.717, 1.165) is 16.0 Å². The number of β-lactam (4-membered cyclic amide) rings is 1. The van der Waals surface area contributed by atoms with Crippen LogP contribution in [0.5, 0.6) is 0 Å². The van der Waals surface area contributed by atoms with E-state index in [4.69, 9.17) is 4.74 Å². The third-order valence-electron chi connectivity index (χ3n) is 5.68. The number of ether oxygens (including phenoxy) is 1. The Hall–Kier alpha value is -3.23. The van der Waals surface area contributed by atoms with Crippen molar-refractivity contribution in [3.63, 3.8) is 0 Å². The lowest BCUT2D eigenvalue weighted by molar-refractivity contribution is -0.153. The molecule has 0 bridgehead atoms. The van der Waals surface area contributed by atoms with Gasteiger partial charge in [-0.1, -0.05) is 82.7 Å². The van der Waals surface area contributed by atoms with Gasteiger partial charge in [-0.2, -0.15) is 0 Å². The summed E-state index contributed by atoms with van der Waals surface area (Å²) in [6.07, 6.45) is -0.400. The highest BCUT2D eigenvalue weighted by Gasteiger charge is 2.43. The van der Waals surface area contributed by atoms with Crippen molar-refractivity contribution in [2.75, 3.05) is 11.9 Å². The summed E-state index contributed by atoms with van der Waals surface area (Å²) in [4.78, 5) is 41.0. The molecule has 0 spiro atoms. The molecule has 2 aromatic carbocycles. The SMILES string of the molecule is C/C(CBr)=C(\C(=O)OC(c1ccccc1)c1ccccc1)N1CC(NC(=O)Cc2cccs2)C1=O. The summed E-state index contributed by atoms with van der Waals surface area (Å²) >= 11 is 4.89. The van der Waals surface area contributed by atoms with Gasteiger partial charge in [0.15, 0.2) is 6.10 Å². The number of rotatable bonds is 9. The molecule has 3 aromatic rings. The van der Waals surface area contributed by atoms with E-state index in [-0.39, 0.29) is 30.5 Å². The summed E-state index contributed by atoms with van der Waals surface area (Å²) in [5.41, 5.74) is 2.53. The molecule has 1 unspecified atom stereocenters. The Bertz CT molecular complexity index is 1170. The van der Waals surface area contributed by atoms with Gasteiger partial charge in [-0.25, -0.2) is 4.79 Å². The largest absolute Gasteiger partial charge is 0.448 e. The van der Waals surface area contributed by atoms with Crippen LogP contribution in [0.15, 0.2) is 89.4 Å². The van der Waals surface area contributed by atoms with E-state index in [1.165, 1.54) is 16.2 Å². The maximum absolute atomic E-state index is 13.4. The second-order valence-electron chi connectivity index (χ2n) is 8.19. The van der Waals surface area contributed by atoms with Gasteiger partial charge in [-0.3, -0.25) is 9.59 Å². The van der Waals surface area contributed by atoms with E-state index >= 15 is 0 Å². The Morgan fingerprint density at radius 3 is 2.20 bits per heavy atom. The lowest BCUT2D eigenvalue weighted by Crippen LogP contribution is -2.64. The molecule has 1 aliphatic heterocycles. The van der Waals surface area contributed by atoms with Crippen LogP contribution in [0.4, 0.5) is 0 Å². The normalized spacial score (nSPS) is 15.9. The van der Waals surface area contributed by atoms with Crippen LogP contribution < -0.4 is 5.32 Å². The fraction of sp³-hybridized carbons (Fsp3) is 0.222. The van der Waals surface area contributed by atoms with Gasteiger partial charge in [-0.05, 0) is 35.1 Å². The molecule has 6 nitrogen and oxygen atoms in total. The molecule has 1 fully saturated rings. The number of hydrogen-bond donors (Lipinski definition) is 1. The highest BCUT2D eigenvalue weighted by Crippen LogP contribution is 2.30. The second-order valence-corrected chi connectivity index (χ2v) is 9.79. The molecule has 1 saturated heterocycles. The third-order valence-corrected chi connectivity index (χ3v) is 7.39. The van der Waals surface area contributed by atoms with Crippen LogP contribution in [0.1, 0.15) is 29.0 Å². The first-order valence-corrected chi connectivity index (χ1v) is 13.2. The van der Waals surface area contributed by atoms with Crippen molar-refractivity contribution >= 4 is 45.1 Å². The van der Waals surface area contributed by atoms with E-state index < -0.39 is 18.1 Å². The molecular weight excluding hydrogens is 528 g/mol. The number of amides is 2. The first kappa shape index (κ1) is 24.9. The molecule has 0 aliphatic carbocycles. The number of allylic oxidation sites excluding steroid dienone is 1. The molecule has 2 heterocycles. The van der Waals surface area contributed by atoms with Crippen molar-refractivity contribution in [1.82, 2.24) is 10.2 Å². The van der Waals surface area contributed by atoms with Gasteiger partial charge in [0, 0.05) is 10.2 Å². The fourth-order valence-electron chi connectivity index (χ4n) is 3.88. The van der Waals surface area contributed by atoms with Crippen molar-refractivity contribution in [3.8, 4) is 0 Å². The third kappa shape index (κ3) is 5.89. The highest BCUT2D eigenvalue weighted by molar-refractivity contribution is 9.09. The number of nitrogens with zero attached hydrogens (tertiary/aromatic N) is 1. The van der Waals surface area contributed by atoms with Gasteiger partial charge >= 0.3 is 5.97 Å². The average molecular weight is 553 g/mol. The molecule has 0 saturated carbocycles. The molecule has 1 aromatic heterocycles. The number of halogens is 1. The van der Waals surface area contributed by atoms with Crippen LogP contribution in [-0.4, -0.2) is 40.6 Å². The first-order chi connectivity index (χ1) is 17.0. The standard InChI is InChI=1S/C27H25BrN2O4S/c1-18(16-28)24(30-17-22(26(30)32)29-23(31)15-21-13-8-14-35-21)27(33)34-25(19-9-4-2-5-10-19)20-11-6-3-7-12-20/h2-14,22,25H,15-17H2,1H3,(H,29,31)/b24-18-. The van der Waals surface area contributed by atoms with Gasteiger partial charge in [0.05, 0.1) is 13.0 Å². The van der Waals surface area contributed by atoms with Crippen LogP contribution >= 0.6 is 27.3 Å². The highest BCUT2D eigenvalue weighted by atomic mass is 79.9. The number of benzene rings is 2. The molecular formula is C27H25BrN2O4S. The number of likely N-dealkylation sites (tertiary alicyclic amines) is 1. The molecule has 2 amide bonds. The molecule has 4 rings (SSSR count). The number of esters is 1. The van der Waals surface area contributed by atoms with Crippen LogP contribution in [0.2, 0.25) is 0 Å². The minimum Gasteiger partial charge on any atom is -0.448 e. The summed E-state index contributed by atoms with van der Waals surface area (Å²) in [5, 5.41) is 5.07. The lowest BCUT2D eigenvalue weighted by Gasteiger charge is -2.40. The van der Waals surface area contributed by atoms with Crippen LogP contribution in [0.3, 0.4) is 0 Å². The quantitative estimate of drug-likeness (QED) is 0.182. The summed E-state index contributed by atoms with van der Waals surface area (Å²) in [6.45, 7) is 1.99. The first-order valence-electron chi connectivity index (χ1n) is 11.2. The zero-order chi connectivity index (χ0) is 24.8. The van der Waals surface area contributed by atoms with E-state index in [9.17, 15) is 14.4 Å². The molecule has 0 radical (unpaired) electrons. The zero-order valence-electron chi connectivity index (χ0n) is 19.1. The van der Waals surface area contributed by atoms with E-state index in [2.05, 4.69) is 21.2 Å². The van der Waals surface area contributed by atoms with Crippen molar-refractivity contribution in [2.45, 2.75) is 25.5 Å². The van der Waals surface area contributed by atoms with Crippen molar-refractivity contribution in [2.24, 2.45) is 0 Å². The summed E-state index contributed by atoms with van der Waals surface area (Å²) in [5.74, 6) is -1.13. The minimum atomic E-state index is -0.660. The Balaban J connectivity index is 1.49. The molecule has 8 heteroatoms. The van der Waals surface area contributed by atoms with Gasteiger partial charge < -0.3 is 15.0 Å². The van der Waals surface area contributed by atoms with Crippen LogP contribution in [-0.2, 0) is 25.5 Å². The van der Waals surface area contributed by atoms with Crippen LogP contribution in [0.25, 0.3) is 0 Å². The summed E-state index contributed by atoms with van der Waals surface area (Å²) < 4.78 is 6.00. The van der Waals surface area contributed by atoms with Gasteiger partial charge in [0.25, 0.3) is 5.91 Å². The number of alkyl halides is 1. The Morgan fingerprint density at radius 1 is 1.06 bits per heavy atom. The second kappa shape index (κ2) is 11.5. The van der Waals surface area contributed by atoms with E-state index in [1.807, 2.05) is 78.2 Å². The maximum atomic E-state index is 13.4. The molecule has 35 heavy (non-hydrogen) atoms. The van der Waals surface area contributed by atoms with Gasteiger partial charge in [0.1, 0.15) is 11.7 Å². The molecule has 1 aliphatic rings. The average Bonchev–Trinajstić information content (AvgIpc) is 3.40. The molecule has 1 atom stereocenters. The minimum absolute atomic E-state index is 0.201. The van der Waals surface area contributed by atoms with Crippen molar-refractivity contribution in [3.05, 3.63) is 105 Å². The fourth-order valence-corrected chi connectivity index (χ4v) is 4.85. The predicted octanol–water partition coefficient (Wildman–Crippen LogP) is 4.62. The van der Waals surface area contributed by atoms with Gasteiger partial charge in [0.2, 0.25) is 5.91 Å². The Labute approximate surface area is 216 Å². The number of thiophene rings is 1. The zero-order valence-corrected chi connectivity index (χ0v) is 21.6. The van der Waals surface area contributed by atoms with Crippen molar-refractivity contribution < 1.29 is 19.1 Å². The van der Waals surface area contributed by atoms with E-state index in [1.54, 1.807) is 6.92 Å². The number of hydrogen-bond acceptors (Lipinski definition) is 5. The number of carbonyl (C=O) groups excluding carboxylic acids is 3.